The number of methoxy groups -OCH3 is 1. The Labute approximate surface area is 170 Å². The monoisotopic (exact) mass is 410 g/mol. The summed E-state index contributed by atoms with van der Waals surface area (Å²) in [5, 5.41) is 2.79. The second kappa shape index (κ2) is 8.36. The van der Waals surface area contributed by atoms with Crippen molar-refractivity contribution in [1.82, 2.24) is 0 Å². The van der Waals surface area contributed by atoms with E-state index in [-0.39, 0.29) is 16.4 Å². The number of ether oxygens (including phenoxy) is 1. The van der Waals surface area contributed by atoms with Gasteiger partial charge in [-0.1, -0.05) is 18.2 Å². The lowest BCUT2D eigenvalue weighted by molar-refractivity contribution is 0.102. The Morgan fingerprint density at radius 1 is 0.966 bits per heavy atom. The van der Waals surface area contributed by atoms with Crippen LogP contribution >= 0.6 is 0 Å². The van der Waals surface area contributed by atoms with Gasteiger partial charge in [-0.25, -0.2) is 8.42 Å². The molecule has 0 aromatic heterocycles. The van der Waals surface area contributed by atoms with Crippen LogP contribution in [0, 0.1) is 6.92 Å². The number of amides is 1. The van der Waals surface area contributed by atoms with E-state index in [0.717, 1.165) is 5.56 Å². The highest BCUT2D eigenvalue weighted by Gasteiger charge is 2.22. The van der Waals surface area contributed by atoms with Gasteiger partial charge in [-0.3, -0.25) is 9.10 Å². The van der Waals surface area contributed by atoms with Gasteiger partial charge < -0.3 is 10.1 Å². The molecule has 7 heteroatoms. The molecule has 0 saturated heterocycles. The van der Waals surface area contributed by atoms with Gasteiger partial charge in [-0.15, -0.1) is 0 Å². The minimum Gasteiger partial charge on any atom is -0.497 e. The third-order valence-electron chi connectivity index (χ3n) is 4.47. The fourth-order valence-corrected chi connectivity index (χ4v) is 4.05. The quantitative estimate of drug-likeness (QED) is 0.664. The molecule has 0 aliphatic rings. The fourth-order valence-electron chi connectivity index (χ4n) is 2.81. The van der Waals surface area contributed by atoms with Crippen molar-refractivity contribution in [2.75, 3.05) is 23.8 Å². The zero-order valence-corrected chi connectivity index (χ0v) is 17.2. The van der Waals surface area contributed by atoms with Gasteiger partial charge in [0.25, 0.3) is 15.9 Å². The van der Waals surface area contributed by atoms with Gasteiger partial charge in [0.1, 0.15) is 5.75 Å². The molecule has 150 valence electrons. The molecule has 3 aromatic rings. The van der Waals surface area contributed by atoms with E-state index in [1.165, 1.54) is 23.5 Å². The molecule has 0 spiro atoms. The maximum Gasteiger partial charge on any atom is 0.264 e. The van der Waals surface area contributed by atoms with Gasteiger partial charge in [0, 0.05) is 18.3 Å². The first-order valence-corrected chi connectivity index (χ1v) is 10.4. The van der Waals surface area contributed by atoms with Crippen molar-refractivity contribution in [3.8, 4) is 5.75 Å². The zero-order chi connectivity index (χ0) is 21.0. The maximum atomic E-state index is 13.0. The van der Waals surface area contributed by atoms with Crippen LogP contribution in [0.3, 0.4) is 0 Å². The molecule has 3 aromatic carbocycles. The summed E-state index contributed by atoms with van der Waals surface area (Å²) in [6.45, 7) is 1.93. The molecule has 29 heavy (non-hydrogen) atoms. The summed E-state index contributed by atoms with van der Waals surface area (Å²) in [6, 6.07) is 20.1. The number of carbonyl (C=O) groups excluding carboxylic acids is 1. The highest BCUT2D eigenvalue weighted by atomic mass is 32.2. The molecule has 0 saturated carbocycles. The Balaban J connectivity index is 1.85. The van der Waals surface area contributed by atoms with E-state index < -0.39 is 10.0 Å². The average Bonchev–Trinajstić information content (AvgIpc) is 2.73. The number of benzene rings is 3. The number of carbonyl (C=O) groups is 1. The van der Waals surface area contributed by atoms with Crippen molar-refractivity contribution < 1.29 is 17.9 Å². The smallest absolute Gasteiger partial charge is 0.264 e. The molecule has 1 amide bonds. The number of sulfonamides is 1. The summed E-state index contributed by atoms with van der Waals surface area (Å²) in [6.07, 6.45) is 0. The Morgan fingerprint density at radius 2 is 1.66 bits per heavy atom. The first-order chi connectivity index (χ1) is 13.8. The van der Waals surface area contributed by atoms with E-state index in [9.17, 15) is 13.2 Å². The lowest BCUT2D eigenvalue weighted by Crippen LogP contribution is -2.26. The number of hydrogen-bond acceptors (Lipinski definition) is 4. The second-order valence-corrected chi connectivity index (χ2v) is 8.49. The van der Waals surface area contributed by atoms with Gasteiger partial charge >= 0.3 is 0 Å². The number of hydrogen-bond donors (Lipinski definition) is 1. The molecule has 0 atom stereocenters. The Bertz CT molecular complexity index is 1130. The van der Waals surface area contributed by atoms with Crippen molar-refractivity contribution in [2.24, 2.45) is 0 Å². The average molecular weight is 410 g/mol. The van der Waals surface area contributed by atoms with E-state index in [2.05, 4.69) is 5.32 Å². The van der Waals surface area contributed by atoms with Crippen molar-refractivity contribution in [1.29, 1.82) is 0 Å². The third-order valence-corrected chi connectivity index (χ3v) is 6.25. The zero-order valence-electron chi connectivity index (χ0n) is 16.4. The molecule has 0 heterocycles. The van der Waals surface area contributed by atoms with Crippen molar-refractivity contribution in [3.05, 3.63) is 83.9 Å². The van der Waals surface area contributed by atoms with Crippen molar-refractivity contribution >= 4 is 27.3 Å². The predicted molar refractivity (Wildman–Crippen MR) is 114 cm³/mol. The van der Waals surface area contributed by atoms with E-state index >= 15 is 0 Å². The van der Waals surface area contributed by atoms with Gasteiger partial charge in [-0.2, -0.15) is 0 Å². The van der Waals surface area contributed by atoms with Crippen LogP contribution in [0.15, 0.2) is 77.7 Å². The first kappa shape index (κ1) is 20.4. The van der Waals surface area contributed by atoms with E-state index in [4.69, 9.17) is 4.74 Å². The highest BCUT2D eigenvalue weighted by Crippen LogP contribution is 2.25. The third kappa shape index (κ3) is 4.57. The predicted octanol–water partition coefficient (Wildman–Crippen LogP) is 4.08. The van der Waals surface area contributed by atoms with Gasteiger partial charge in [-0.05, 0) is 67.1 Å². The lowest BCUT2D eigenvalue weighted by Gasteiger charge is -2.20. The van der Waals surface area contributed by atoms with Crippen LogP contribution in [0.1, 0.15) is 15.9 Å². The van der Waals surface area contributed by atoms with E-state index in [1.807, 2.05) is 25.1 Å². The SMILES string of the molecule is COc1ccc(N(C)S(=O)(=O)c2cccc(C(=O)Nc3cccc(C)c3)c2)cc1. The van der Waals surface area contributed by atoms with Crippen LogP contribution < -0.4 is 14.4 Å². The molecule has 0 aliphatic heterocycles. The first-order valence-electron chi connectivity index (χ1n) is 8.92. The maximum absolute atomic E-state index is 13.0. The molecule has 6 nitrogen and oxygen atoms in total. The van der Waals surface area contributed by atoms with E-state index in [1.54, 1.807) is 49.6 Å². The second-order valence-electron chi connectivity index (χ2n) is 6.52. The number of anilines is 2. The minimum atomic E-state index is -3.83. The van der Waals surface area contributed by atoms with Crippen molar-refractivity contribution in [2.45, 2.75) is 11.8 Å². The topological polar surface area (TPSA) is 75.7 Å². The summed E-state index contributed by atoms with van der Waals surface area (Å²) in [5.41, 5.74) is 2.41. The van der Waals surface area contributed by atoms with Crippen LogP contribution in [0.25, 0.3) is 0 Å². The van der Waals surface area contributed by atoms with Crippen molar-refractivity contribution in [3.63, 3.8) is 0 Å². The van der Waals surface area contributed by atoms with Crippen LogP contribution in [0.4, 0.5) is 11.4 Å². The van der Waals surface area contributed by atoms with Gasteiger partial charge in [0.2, 0.25) is 0 Å². The summed E-state index contributed by atoms with van der Waals surface area (Å²) in [5.74, 6) is 0.258. The van der Waals surface area contributed by atoms with Gasteiger partial charge in [0.15, 0.2) is 0 Å². The lowest BCUT2D eigenvalue weighted by atomic mass is 10.2. The largest absolute Gasteiger partial charge is 0.497 e. The van der Waals surface area contributed by atoms with Crippen LogP contribution in [0.5, 0.6) is 5.75 Å². The summed E-state index contributed by atoms with van der Waals surface area (Å²) < 4.78 is 32.3. The number of rotatable bonds is 6. The molecule has 0 aliphatic carbocycles. The summed E-state index contributed by atoms with van der Waals surface area (Å²) >= 11 is 0. The van der Waals surface area contributed by atoms with Gasteiger partial charge in [0.05, 0.1) is 17.7 Å². The standard InChI is InChI=1S/C22H22N2O4S/c1-16-6-4-8-18(14-16)23-22(25)17-7-5-9-21(15-17)29(26,27)24(2)19-10-12-20(28-3)13-11-19/h4-15H,1-3H3,(H,23,25). The van der Waals surface area contributed by atoms with Crippen LogP contribution in [-0.4, -0.2) is 28.5 Å². The van der Waals surface area contributed by atoms with Crippen LogP contribution in [-0.2, 0) is 10.0 Å². The number of nitrogens with zero attached hydrogens (tertiary/aromatic N) is 1. The normalized spacial score (nSPS) is 11.0. The Morgan fingerprint density at radius 3 is 2.31 bits per heavy atom. The fraction of sp³-hybridized carbons (Fsp3) is 0.136. The summed E-state index contributed by atoms with van der Waals surface area (Å²) in [7, 11) is -0.821. The molecule has 0 radical (unpaired) electrons. The Kier molecular flexibility index (Phi) is 5.89. The molecular weight excluding hydrogens is 388 g/mol. The molecule has 1 N–H and O–H groups in total. The summed E-state index contributed by atoms with van der Waals surface area (Å²) in [4.78, 5) is 12.6. The molecule has 0 fully saturated rings. The molecule has 0 bridgehead atoms. The molecule has 0 unspecified atom stereocenters. The highest BCUT2D eigenvalue weighted by molar-refractivity contribution is 7.92. The number of aryl methyl sites for hydroxylation is 1. The molecule has 3 rings (SSSR count). The minimum absolute atomic E-state index is 0.0349. The molecular formula is C22H22N2O4S. The Hall–Kier alpha value is -3.32. The number of nitrogens with one attached hydrogen (secondary N) is 1. The van der Waals surface area contributed by atoms with Crippen LogP contribution in [0.2, 0.25) is 0 Å². The van der Waals surface area contributed by atoms with E-state index in [0.29, 0.717) is 17.1 Å².